The summed E-state index contributed by atoms with van der Waals surface area (Å²) < 4.78 is 5.79. The molecule has 2 aromatic rings. The first-order valence-corrected chi connectivity index (χ1v) is 6.13. The number of anilines is 1. The zero-order valence-corrected chi connectivity index (χ0v) is 11.4. The lowest BCUT2D eigenvalue weighted by Gasteiger charge is -2.12. The molecule has 98 valence electrons. The summed E-state index contributed by atoms with van der Waals surface area (Å²) in [5.41, 5.74) is 9.20. The number of rotatable bonds is 3. The summed E-state index contributed by atoms with van der Waals surface area (Å²) in [6.07, 6.45) is 0. The fourth-order valence-electron chi connectivity index (χ4n) is 1.89. The first kappa shape index (κ1) is 13.1. The maximum absolute atomic E-state index is 11.3. The molecule has 3 heteroatoms. The van der Waals surface area contributed by atoms with Crippen molar-refractivity contribution in [3.8, 4) is 11.5 Å². The van der Waals surface area contributed by atoms with Crippen LogP contribution in [0.3, 0.4) is 0 Å². The molecule has 2 rings (SSSR count). The van der Waals surface area contributed by atoms with Crippen molar-refractivity contribution in [3.63, 3.8) is 0 Å². The Balaban J connectivity index is 2.31. The summed E-state index contributed by atoms with van der Waals surface area (Å²) in [6, 6.07) is 11.0. The van der Waals surface area contributed by atoms with Crippen LogP contribution in [0.5, 0.6) is 11.5 Å². The second-order valence-corrected chi connectivity index (χ2v) is 4.68. The van der Waals surface area contributed by atoms with Gasteiger partial charge in [0.2, 0.25) is 0 Å². The van der Waals surface area contributed by atoms with E-state index in [1.54, 1.807) is 18.2 Å². The number of nitrogen functional groups attached to an aromatic ring is 1. The highest BCUT2D eigenvalue weighted by Gasteiger charge is 2.07. The van der Waals surface area contributed by atoms with Gasteiger partial charge in [-0.25, -0.2) is 0 Å². The Labute approximate surface area is 113 Å². The molecule has 0 bridgehead atoms. The zero-order chi connectivity index (χ0) is 14.0. The molecule has 0 spiro atoms. The van der Waals surface area contributed by atoms with Gasteiger partial charge in [-0.2, -0.15) is 0 Å². The quantitative estimate of drug-likeness (QED) is 0.669. The van der Waals surface area contributed by atoms with Crippen LogP contribution < -0.4 is 10.5 Å². The number of nitrogens with two attached hydrogens (primary N) is 1. The van der Waals surface area contributed by atoms with Crippen LogP contribution in [0.4, 0.5) is 5.69 Å². The normalized spacial score (nSPS) is 10.3. The summed E-state index contributed by atoms with van der Waals surface area (Å²) in [7, 11) is 0. The van der Waals surface area contributed by atoms with Crippen molar-refractivity contribution in [3.05, 3.63) is 53.1 Å². The van der Waals surface area contributed by atoms with Crippen LogP contribution >= 0.6 is 0 Å². The predicted octanol–water partition coefficient (Wildman–Crippen LogP) is 3.88. The number of benzene rings is 2. The van der Waals surface area contributed by atoms with Gasteiger partial charge in [0.1, 0.15) is 11.5 Å². The minimum absolute atomic E-state index is 0.00948. The molecule has 0 aliphatic rings. The van der Waals surface area contributed by atoms with E-state index in [1.807, 2.05) is 26.0 Å². The van der Waals surface area contributed by atoms with E-state index in [9.17, 15) is 4.79 Å². The molecular weight excluding hydrogens is 238 g/mol. The van der Waals surface area contributed by atoms with E-state index in [0.29, 0.717) is 17.0 Å². The van der Waals surface area contributed by atoms with Gasteiger partial charge < -0.3 is 10.5 Å². The standard InChI is InChI=1S/C16H17NO2/c1-10-4-6-15(11(2)8-10)19-16-7-5-13(12(3)18)9-14(16)17/h4-9H,17H2,1-3H3. The van der Waals surface area contributed by atoms with Crippen molar-refractivity contribution in [2.75, 3.05) is 5.73 Å². The number of hydrogen-bond donors (Lipinski definition) is 1. The van der Waals surface area contributed by atoms with Gasteiger partial charge in [-0.15, -0.1) is 0 Å². The Kier molecular flexibility index (Phi) is 3.56. The van der Waals surface area contributed by atoms with Gasteiger partial charge >= 0.3 is 0 Å². The summed E-state index contributed by atoms with van der Waals surface area (Å²) in [4.78, 5) is 11.3. The molecule has 2 aromatic carbocycles. The molecule has 0 atom stereocenters. The van der Waals surface area contributed by atoms with Crippen LogP contribution in [0, 0.1) is 13.8 Å². The van der Waals surface area contributed by atoms with Gasteiger partial charge in [-0.1, -0.05) is 17.7 Å². The van der Waals surface area contributed by atoms with Crippen molar-refractivity contribution in [1.29, 1.82) is 0 Å². The van der Waals surface area contributed by atoms with Crippen LogP contribution in [-0.4, -0.2) is 5.78 Å². The van der Waals surface area contributed by atoms with Gasteiger partial charge in [0.15, 0.2) is 5.78 Å². The summed E-state index contributed by atoms with van der Waals surface area (Å²) in [6.45, 7) is 5.54. The average molecular weight is 255 g/mol. The highest BCUT2D eigenvalue weighted by atomic mass is 16.5. The van der Waals surface area contributed by atoms with Gasteiger partial charge in [-0.3, -0.25) is 4.79 Å². The van der Waals surface area contributed by atoms with E-state index in [1.165, 1.54) is 12.5 Å². The van der Waals surface area contributed by atoms with Crippen molar-refractivity contribution in [1.82, 2.24) is 0 Å². The minimum atomic E-state index is -0.00948. The lowest BCUT2D eigenvalue weighted by atomic mass is 10.1. The molecule has 2 N–H and O–H groups in total. The monoisotopic (exact) mass is 255 g/mol. The number of aryl methyl sites for hydroxylation is 2. The lowest BCUT2D eigenvalue weighted by Crippen LogP contribution is -1.98. The van der Waals surface area contributed by atoms with Crippen molar-refractivity contribution >= 4 is 11.5 Å². The Morgan fingerprint density at radius 1 is 1.05 bits per heavy atom. The molecule has 0 aromatic heterocycles. The summed E-state index contributed by atoms with van der Waals surface area (Å²) >= 11 is 0. The van der Waals surface area contributed by atoms with Crippen LogP contribution in [0.25, 0.3) is 0 Å². The van der Waals surface area contributed by atoms with Crippen molar-refractivity contribution < 1.29 is 9.53 Å². The number of Topliss-reactive ketones (excluding diaryl/α,β-unsaturated/α-hetero) is 1. The smallest absolute Gasteiger partial charge is 0.159 e. The third kappa shape index (κ3) is 2.94. The lowest BCUT2D eigenvalue weighted by molar-refractivity contribution is 0.101. The predicted molar refractivity (Wildman–Crippen MR) is 76.8 cm³/mol. The first-order chi connectivity index (χ1) is 8.97. The molecule has 19 heavy (non-hydrogen) atoms. The van der Waals surface area contributed by atoms with Gasteiger partial charge in [0.25, 0.3) is 0 Å². The van der Waals surface area contributed by atoms with E-state index >= 15 is 0 Å². The Morgan fingerprint density at radius 2 is 1.74 bits per heavy atom. The Morgan fingerprint density at radius 3 is 2.32 bits per heavy atom. The van der Waals surface area contributed by atoms with Gasteiger partial charge in [-0.05, 0) is 50.6 Å². The third-order valence-corrected chi connectivity index (χ3v) is 2.97. The molecule has 0 unspecified atom stereocenters. The summed E-state index contributed by atoms with van der Waals surface area (Å²) in [5, 5.41) is 0. The molecular formula is C16H17NO2. The second kappa shape index (κ2) is 5.14. The van der Waals surface area contributed by atoms with Crippen LogP contribution in [0.1, 0.15) is 28.4 Å². The molecule has 0 aliphatic carbocycles. The van der Waals surface area contributed by atoms with E-state index in [4.69, 9.17) is 10.5 Å². The number of ketones is 1. The fourth-order valence-corrected chi connectivity index (χ4v) is 1.89. The molecule has 0 fully saturated rings. The minimum Gasteiger partial charge on any atom is -0.455 e. The highest BCUT2D eigenvalue weighted by molar-refractivity contribution is 5.95. The molecule has 0 amide bonds. The fraction of sp³-hybridized carbons (Fsp3) is 0.188. The second-order valence-electron chi connectivity index (χ2n) is 4.68. The molecule has 0 heterocycles. The van der Waals surface area contributed by atoms with Gasteiger partial charge in [0, 0.05) is 5.56 Å². The number of hydrogen-bond acceptors (Lipinski definition) is 3. The van der Waals surface area contributed by atoms with Crippen LogP contribution in [0.2, 0.25) is 0 Å². The number of carbonyl (C=O) groups is 1. The number of ether oxygens (including phenoxy) is 1. The van der Waals surface area contributed by atoms with E-state index in [-0.39, 0.29) is 5.78 Å². The molecule has 0 saturated carbocycles. The molecule has 0 radical (unpaired) electrons. The van der Waals surface area contributed by atoms with Crippen molar-refractivity contribution in [2.45, 2.75) is 20.8 Å². The van der Waals surface area contributed by atoms with E-state index < -0.39 is 0 Å². The third-order valence-electron chi connectivity index (χ3n) is 2.97. The van der Waals surface area contributed by atoms with Gasteiger partial charge in [0.05, 0.1) is 5.69 Å². The Bertz CT molecular complexity index is 633. The molecule has 0 saturated heterocycles. The Hall–Kier alpha value is -2.29. The zero-order valence-electron chi connectivity index (χ0n) is 11.4. The average Bonchev–Trinajstić information content (AvgIpc) is 2.34. The maximum atomic E-state index is 11.3. The van der Waals surface area contributed by atoms with Crippen LogP contribution in [0.15, 0.2) is 36.4 Å². The number of carbonyl (C=O) groups excluding carboxylic acids is 1. The van der Waals surface area contributed by atoms with Crippen molar-refractivity contribution in [2.24, 2.45) is 0 Å². The van der Waals surface area contributed by atoms with E-state index in [0.717, 1.165) is 11.3 Å². The topological polar surface area (TPSA) is 52.3 Å². The van der Waals surface area contributed by atoms with Crippen LogP contribution in [-0.2, 0) is 0 Å². The first-order valence-electron chi connectivity index (χ1n) is 6.13. The maximum Gasteiger partial charge on any atom is 0.159 e. The largest absolute Gasteiger partial charge is 0.455 e. The van der Waals surface area contributed by atoms with E-state index in [2.05, 4.69) is 6.07 Å². The highest BCUT2D eigenvalue weighted by Crippen LogP contribution is 2.30. The molecule has 0 aliphatic heterocycles. The molecule has 3 nitrogen and oxygen atoms in total. The summed E-state index contributed by atoms with van der Waals surface area (Å²) in [5.74, 6) is 1.33. The SMILES string of the molecule is CC(=O)c1ccc(Oc2ccc(C)cc2C)c(N)c1.